The van der Waals surface area contributed by atoms with Crippen LogP contribution in [0.1, 0.15) is 19.7 Å². The van der Waals surface area contributed by atoms with Crippen LogP contribution in [-0.4, -0.2) is 20.1 Å². The number of alkyl halides is 1. The van der Waals surface area contributed by atoms with E-state index in [1.807, 2.05) is 11.6 Å². The van der Waals surface area contributed by atoms with E-state index >= 15 is 0 Å². The zero-order valence-corrected chi connectivity index (χ0v) is 9.30. The van der Waals surface area contributed by atoms with Gasteiger partial charge in [-0.1, -0.05) is 29.8 Å². The molecule has 0 aliphatic rings. The van der Waals surface area contributed by atoms with E-state index in [0.717, 1.165) is 17.6 Å². The van der Waals surface area contributed by atoms with Crippen LogP contribution in [0.5, 0.6) is 0 Å². The van der Waals surface area contributed by atoms with Gasteiger partial charge in [0.1, 0.15) is 12.2 Å². The molecule has 0 saturated carbocycles. The third kappa shape index (κ3) is 2.30. The van der Waals surface area contributed by atoms with Gasteiger partial charge in [0.05, 0.1) is 0 Å². The molecule has 12 heavy (non-hydrogen) atoms. The molecule has 0 aliphatic heterocycles. The Morgan fingerprint density at radius 2 is 2.25 bits per heavy atom. The van der Waals surface area contributed by atoms with Crippen LogP contribution in [0.2, 0.25) is 0 Å². The molecule has 0 amide bonds. The highest BCUT2D eigenvalue weighted by Crippen LogP contribution is 2.22. The van der Waals surface area contributed by atoms with Gasteiger partial charge in [-0.15, -0.1) is 10.2 Å². The van der Waals surface area contributed by atoms with Crippen LogP contribution in [0, 0.1) is 5.41 Å². The highest BCUT2D eigenvalue weighted by Gasteiger charge is 2.19. The van der Waals surface area contributed by atoms with Crippen LogP contribution in [0.3, 0.4) is 0 Å². The average Bonchev–Trinajstić information content (AvgIpc) is 2.36. The number of rotatable bonds is 3. The first-order valence-electron chi connectivity index (χ1n) is 3.94. The second kappa shape index (κ2) is 3.56. The van der Waals surface area contributed by atoms with Gasteiger partial charge in [-0.25, -0.2) is 0 Å². The fourth-order valence-corrected chi connectivity index (χ4v) is 1.14. The maximum Gasteiger partial charge on any atom is 0.133 e. The minimum Gasteiger partial charge on any atom is -0.321 e. The molecule has 0 bridgehead atoms. The summed E-state index contributed by atoms with van der Waals surface area (Å²) in [5.41, 5.74) is 0.251. The van der Waals surface area contributed by atoms with Gasteiger partial charge in [-0.2, -0.15) is 0 Å². The largest absolute Gasteiger partial charge is 0.321 e. The molecule has 0 radical (unpaired) electrons. The Morgan fingerprint density at radius 3 is 2.67 bits per heavy atom. The van der Waals surface area contributed by atoms with Gasteiger partial charge in [-0.05, 0) is 5.41 Å². The molecule has 1 aromatic heterocycles. The predicted molar refractivity (Wildman–Crippen MR) is 52.3 cm³/mol. The van der Waals surface area contributed by atoms with Crippen molar-refractivity contribution in [3.8, 4) is 0 Å². The zero-order chi connectivity index (χ0) is 9.19. The summed E-state index contributed by atoms with van der Waals surface area (Å²) in [6.07, 6.45) is 2.69. The standard InChI is InChI=1S/C8H14BrN3/c1-8(2,5-9)4-7-11-10-6-12(7)3/h6H,4-5H2,1-3H3. The van der Waals surface area contributed by atoms with Gasteiger partial charge < -0.3 is 4.57 Å². The van der Waals surface area contributed by atoms with Crippen molar-refractivity contribution >= 4 is 15.9 Å². The lowest BCUT2D eigenvalue weighted by atomic mass is 9.92. The third-order valence-electron chi connectivity index (χ3n) is 1.80. The van der Waals surface area contributed by atoms with Gasteiger partial charge in [-0.3, -0.25) is 0 Å². The summed E-state index contributed by atoms with van der Waals surface area (Å²) in [4.78, 5) is 0. The topological polar surface area (TPSA) is 30.7 Å². The van der Waals surface area contributed by atoms with Crippen LogP contribution in [-0.2, 0) is 13.5 Å². The van der Waals surface area contributed by atoms with Crippen molar-refractivity contribution in [1.29, 1.82) is 0 Å². The Bertz CT molecular complexity index is 255. The quantitative estimate of drug-likeness (QED) is 0.743. The lowest BCUT2D eigenvalue weighted by Crippen LogP contribution is -2.18. The Balaban J connectivity index is 2.70. The molecule has 0 fully saturated rings. The molecule has 68 valence electrons. The van der Waals surface area contributed by atoms with E-state index < -0.39 is 0 Å². The number of hydrogen-bond acceptors (Lipinski definition) is 2. The number of nitrogens with zero attached hydrogens (tertiary/aromatic N) is 3. The predicted octanol–water partition coefficient (Wildman–Crippen LogP) is 1.78. The van der Waals surface area contributed by atoms with Gasteiger partial charge in [0.25, 0.3) is 0 Å². The van der Waals surface area contributed by atoms with E-state index in [-0.39, 0.29) is 5.41 Å². The lowest BCUT2D eigenvalue weighted by Gasteiger charge is -2.20. The summed E-state index contributed by atoms with van der Waals surface area (Å²) >= 11 is 3.48. The fraction of sp³-hybridized carbons (Fsp3) is 0.750. The van der Waals surface area contributed by atoms with Crippen molar-refractivity contribution in [2.45, 2.75) is 20.3 Å². The molecule has 0 aromatic carbocycles. The van der Waals surface area contributed by atoms with Crippen LogP contribution >= 0.6 is 15.9 Å². The molecule has 1 aromatic rings. The maximum atomic E-state index is 4.04. The van der Waals surface area contributed by atoms with Crippen LogP contribution < -0.4 is 0 Å². The second-order valence-corrected chi connectivity index (χ2v) is 4.39. The van der Waals surface area contributed by atoms with Gasteiger partial charge in [0.2, 0.25) is 0 Å². The summed E-state index contributed by atoms with van der Waals surface area (Å²) in [5.74, 6) is 1.04. The first-order valence-corrected chi connectivity index (χ1v) is 5.06. The van der Waals surface area contributed by atoms with Crippen LogP contribution in [0.4, 0.5) is 0 Å². The first-order chi connectivity index (χ1) is 5.55. The van der Waals surface area contributed by atoms with E-state index in [0.29, 0.717) is 0 Å². The SMILES string of the molecule is Cn1cnnc1CC(C)(C)CBr. The minimum absolute atomic E-state index is 0.251. The van der Waals surface area contributed by atoms with E-state index in [1.165, 1.54) is 0 Å². The molecule has 0 N–H and O–H groups in total. The molecule has 0 unspecified atom stereocenters. The van der Waals surface area contributed by atoms with Crippen molar-refractivity contribution in [3.63, 3.8) is 0 Å². The first kappa shape index (κ1) is 9.71. The minimum atomic E-state index is 0.251. The molecule has 4 heteroatoms. The summed E-state index contributed by atoms with van der Waals surface area (Å²) in [6, 6.07) is 0. The summed E-state index contributed by atoms with van der Waals surface area (Å²) < 4.78 is 1.96. The number of aryl methyl sites for hydroxylation is 1. The van der Waals surface area contributed by atoms with Crippen molar-refractivity contribution < 1.29 is 0 Å². The van der Waals surface area contributed by atoms with Crippen molar-refractivity contribution in [2.24, 2.45) is 12.5 Å². The Hall–Kier alpha value is -0.380. The highest BCUT2D eigenvalue weighted by molar-refractivity contribution is 9.09. The molecule has 1 rings (SSSR count). The molecular formula is C8H14BrN3. The summed E-state index contributed by atoms with van der Waals surface area (Å²) in [5, 5.41) is 8.86. The summed E-state index contributed by atoms with van der Waals surface area (Å²) in [6.45, 7) is 4.41. The number of hydrogen-bond donors (Lipinski definition) is 0. The van der Waals surface area contributed by atoms with Crippen molar-refractivity contribution in [2.75, 3.05) is 5.33 Å². The third-order valence-corrected chi connectivity index (χ3v) is 3.32. The lowest BCUT2D eigenvalue weighted by molar-refractivity contribution is 0.407. The maximum absolute atomic E-state index is 4.04. The monoisotopic (exact) mass is 231 g/mol. The van der Waals surface area contributed by atoms with E-state index in [2.05, 4.69) is 40.0 Å². The van der Waals surface area contributed by atoms with Crippen LogP contribution in [0.15, 0.2) is 6.33 Å². The Kier molecular flexibility index (Phi) is 2.88. The Labute approximate surface area is 81.3 Å². The molecule has 0 saturated heterocycles. The van der Waals surface area contributed by atoms with Gasteiger partial charge in [0.15, 0.2) is 0 Å². The molecule has 3 nitrogen and oxygen atoms in total. The van der Waals surface area contributed by atoms with Gasteiger partial charge >= 0.3 is 0 Å². The number of halogens is 1. The number of aromatic nitrogens is 3. The molecule has 0 aliphatic carbocycles. The van der Waals surface area contributed by atoms with E-state index in [4.69, 9.17) is 0 Å². The zero-order valence-electron chi connectivity index (χ0n) is 7.71. The molecular weight excluding hydrogens is 218 g/mol. The van der Waals surface area contributed by atoms with E-state index in [9.17, 15) is 0 Å². The molecule has 0 spiro atoms. The average molecular weight is 232 g/mol. The van der Waals surface area contributed by atoms with E-state index in [1.54, 1.807) is 6.33 Å². The normalized spacial score (nSPS) is 12.0. The smallest absolute Gasteiger partial charge is 0.133 e. The van der Waals surface area contributed by atoms with Crippen molar-refractivity contribution in [3.05, 3.63) is 12.2 Å². The van der Waals surface area contributed by atoms with Crippen molar-refractivity contribution in [1.82, 2.24) is 14.8 Å². The summed E-state index contributed by atoms with van der Waals surface area (Å²) in [7, 11) is 1.97. The highest BCUT2D eigenvalue weighted by atomic mass is 79.9. The van der Waals surface area contributed by atoms with Crippen LogP contribution in [0.25, 0.3) is 0 Å². The second-order valence-electron chi connectivity index (χ2n) is 3.83. The molecule has 1 heterocycles. The van der Waals surface area contributed by atoms with Gasteiger partial charge in [0, 0.05) is 18.8 Å². The molecule has 0 atom stereocenters. The Morgan fingerprint density at radius 1 is 1.58 bits per heavy atom. The fourth-order valence-electron chi connectivity index (χ4n) is 0.942.